The van der Waals surface area contributed by atoms with Crippen LogP contribution in [0.5, 0.6) is 5.75 Å². The van der Waals surface area contributed by atoms with Gasteiger partial charge in [0.05, 0.1) is 12.4 Å². The van der Waals surface area contributed by atoms with E-state index < -0.39 is 0 Å². The zero-order chi connectivity index (χ0) is 24.1. The Kier molecular flexibility index (Phi) is 7.27. The van der Waals surface area contributed by atoms with Crippen molar-refractivity contribution < 1.29 is 9.53 Å². The molecule has 0 saturated heterocycles. The molecule has 174 valence electrons. The van der Waals surface area contributed by atoms with E-state index in [1.807, 2.05) is 73.9 Å². The number of ketones is 1. The van der Waals surface area contributed by atoms with Crippen LogP contribution >= 0.6 is 11.8 Å². The van der Waals surface area contributed by atoms with Gasteiger partial charge < -0.3 is 9.30 Å². The van der Waals surface area contributed by atoms with Crippen LogP contribution in [0.15, 0.2) is 72.7 Å². The maximum absolute atomic E-state index is 13.1. The fourth-order valence-electron chi connectivity index (χ4n) is 3.84. The third-order valence-electron chi connectivity index (χ3n) is 5.48. The second-order valence-electron chi connectivity index (χ2n) is 7.71. The van der Waals surface area contributed by atoms with Crippen LogP contribution in [0, 0.1) is 13.8 Å². The lowest BCUT2D eigenvalue weighted by molar-refractivity contribution is 0.102. The molecule has 0 aliphatic rings. The molecule has 0 amide bonds. The number of carbonyl (C=O) groups is 1. The number of aryl methyl sites for hydroxylation is 1. The summed E-state index contributed by atoms with van der Waals surface area (Å²) in [5.41, 5.74) is 4.45. The van der Waals surface area contributed by atoms with Crippen LogP contribution in [0.3, 0.4) is 0 Å². The monoisotopic (exact) mass is 473 g/mol. The van der Waals surface area contributed by atoms with Gasteiger partial charge in [0.1, 0.15) is 5.75 Å². The highest BCUT2D eigenvalue weighted by Crippen LogP contribution is 2.29. The summed E-state index contributed by atoms with van der Waals surface area (Å²) in [4.78, 5) is 17.3. The highest BCUT2D eigenvalue weighted by Gasteiger charge is 2.20. The third-order valence-corrected chi connectivity index (χ3v) is 6.41. The number of thioether (sulfide) groups is 1. The van der Waals surface area contributed by atoms with Crippen LogP contribution in [-0.2, 0) is 6.54 Å². The van der Waals surface area contributed by atoms with Gasteiger partial charge in [-0.25, -0.2) is 0 Å². The van der Waals surface area contributed by atoms with Crippen molar-refractivity contribution in [2.24, 2.45) is 0 Å². The van der Waals surface area contributed by atoms with Crippen molar-refractivity contribution in [3.8, 4) is 22.8 Å². The van der Waals surface area contributed by atoms with E-state index >= 15 is 0 Å². The molecule has 0 radical (unpaired) electrons. The summed E-state index contributed by atoms with van der Waals surface area (Å²) in [6.07, 6.45) is 5.31. The standard InChI is InChI=1S/C26H27N5O2S/c1-5-14-30-18(3)15-23(19(30)4)24(32)17-34-26-29-28-25(20-8-7-13-27-16-20)31(26)21-9-11-22(12-10-21)33-6-2/h5,7-13,15-16H,1,6,14,17H2,2-4H3. The molecule has 0 unspecified atom stereocenters. The number of benzene rings is 1. The molecule has 0 atom stereocenters. The minimum atomic E-state index is 0.0533. The van der Waals surface area contributed by atoms with Gasteiger partial charge in [0.25, 0.3) is 0 Å². The van der Waals surface area contributed by atoms with Gasteiger partial charge in [0.15, 0.2) is 16.8 Å². The molecule has 0 aliphatic carbocycles. The average molecular weight is 474 g/mol. The SMILES string of the molecule is C=CCn1c(C)cc(C(=O)CSc2nnc(-c3cccnc3)n2-c2ccc(OCC)cc2)c1C. The Bertz CT molecular complexity index is 1290. The van der Waals surface area contributed by atoms with Crippen LogP contribution in [0.2, 0.25) is 0 Å². The second-order valence-corrected chi connectivity index (χ2v) is 8.65. The zero-order valence-electron chi connectivity index (χ0n) is 19.6. The number of nitrogens with zero attached hydrogens (tertiary/aromatic N) is 5. The first-order valence-corrected chi connectivity index (χ1v) is 12.0. The zero-order valence-corrected chi connectivity index (χ0v) is 20.4. The first-order valence-electron chi connectivity index (χ1n) is 11.1. The van der Waals surface area contributed by atoms with Crippen LogP contribution in [-0.4, -0.2) is 42.5 Å². The van der Waals surface area contributed by atoms with Crippen molar-refractivity contribution in [3.63, 3.8) is 0 Å². The summed E-state index contributed by atoms with van der Waals surface area (Å²) in [6, 6.07) is 13.5. The lowest BCUT2D eigenvalue weighted by Gasteiger charge is -2.11. The van der Waals surface area contributed by atoms with Gasteiger partial charge in [-0.05, 0) is 63.2 Å². The second kappa shape index (κ2) is 10.5. The van der Waals surface area contributed by atoms with E-state index in [-0.39, 0.29) is 11.5 Å². The quantitative estimate of drug-likeness (QED) is 0.177. The fraction of sp³-hybridized carbons (Fsp3) is 0.231. The third kappa shape index (κ3) is 4.82. The molecule has 4 aromatic rings. The maximum atomic E-state index is 13.1. The highest BCUT2D eigenvalue weighted by molar-refractivity contribution is 7.99. The fourth-order valence-corrected chi connectivity index (χ4v) is 4.67. The average Bonchev–Trinajstić information content (AvgIpc) is 3.40. The van der Waals surface area contributed by atoms with Gasteiger partial charge >= 0.3 is 0 Å². The summed E-state index contributed by atoms with van der Waals surface area (Å²) in [6.45, 7) is 11.0. The topological polar surface area (TPSA) is 74.8 Å². The number of allylic oxidation sites excluding steroid dienone is 1. The molecule has 0 fully saturated rings. The molecule has 0 spiro atoms. The molecule has 7 nitrogen and oxygen atoms in total. The number of hydrogen-bond acceptors (Lipinski definition) is 6. The lowest BCUT2D eigenvalue weighted by atomic mass is 10.2. The number of hydrogen-bond donors (Lipinski definition) is 0. The largest absolute Gasteiger partial charge is 0.494 e. The molecule has 0 saturated carbocycles. The Labute approximate surface area is 203 Å². The summed E-state index contributed by atoms with van der Waals surface area (Å²) in [7, 11) is 0. The van der Waals surface area contributed by atoms with Gasteiger partial charge in [-0.15, -0.1) is 16.8 Å². The molecule has 0 aliphatic heterocycles. The van der Waals surface area contributed by atoms with E-state index in [2.05, 4.69) is 26.3 Å². The molecule has 8 heteroatoms. The maximum Gasteiger partial charge on any atom is 0.196 e. The van der Waals surface area contributed by atoms with E-state index in [9.17, 15) is 4.79 Å². The number of Topliss-reactive ketones (excluding diaryl/α,β-unsaturated/α-hetero) is 1. The minimum Gasteiger partial charge on any atom is -0.494 e. The highest BCUT2D eigenvalue weighted by atomic mass is 32.2. The number of pyridine rings is 1. The predicted octanol–water partition coefficient (Wildman–Crippen LogP) is 5.31. The number of aromatic nitrogens is 5. The Morgan fingerprint density at radius 2 is 1.97 bits per heavy atom. The van der Waals surface area contributed by atoms with Gasteiger partial charge in [0.2, 0.25) is 0 Å². The van der Waals surface area contributed by atoms with Crippen LogP contribution in [0.4, 0.5) is 0 Å². The number of ether oxygens (including phenoxy) is 1. The Morgan fingerprint density at radius 1 is 1.18 bits per heavy atom. The van der Waals surface area contributed by atoms with E-state index in [1.54, 1.807) is 12.4 Å². The lowest BCUT2D eigenvalue weighted by Crippen LogP contribution is -2.07. The van der Waals surface area contributed by atoms with Crippen molar-refractivity contribution in [1.29, 1.82) is 0 Å². The van der Waals surface area contributed by atoms with Gasteiger partial charge in [-0.1, -0.05) is 17.8 Å². The molecule has 3 heterocycles. The van der Waals surface area contributed by atoms with E-state index in [0.29, 0.717) is 24.1 Å². The Hall–Kier alpha value is -3.65. The molecular formula is C26H27N5O2S. The summed E-state index contributed by atoms with van der Waals surface area (Å²) >= 11 is 1.37. The van der Waals surface area contributed by atoms with Crippen LogP contribution < -0.4 is 4.74 Å². The van der Waals surface area contributed by atoms with E-state index in [1.165, 1.54) is 11.8 Å². The van der Waals surface area contributed by atoms with Crippen LogP contribution in [0.1, 0.15) is 28.7 Å². The molecule has 4 rings (SSSR count). The molecule has 3 aromatic heterocycles. The van der Waals surface area contributed by atoms with Crippen molar-refractivity contribution >= 4 is 17.5 Å². The first kappa shape index (κ1) is 23.5. The number of carbonyl (C=O) groups excluding carboxylic acids is 1. The van der Waals surface area contributed by atoms with Crippen LogP contribution in [0.25, 0.3) is 17.1 Å². The van der Waals surface area contributed by atoms with E-state index in [0.717, 1.165) is 34.0 Å². The summed E-state index contributed by atoms with van der Waals surface area (Å²) in [5, 5.41) is 9.48. The molecular weight excluding hydrogens is 446 g/mol. The van der Waals surface area contributed by atoms with Gasteiger partial charge in [-0.3, -0.25) is 14.3 Å². The minimum absolute atomic E-state index is 0.0533. The summed E-state index contributed by atoms with van der Waals surface area (Å²) in [5.74, 6) is 1.76. The van der Waals surface area contributed by atoms with Crippen molar-refractivity contribution in [2.45, 2.75) is 32.5 Å². The molecule has 34 heavy (non-hydrogen) atoms. The number of rotatable bonds is 10. The van der Waals surface area contributed by atoms with Gasteiger partial charge in [0, 0.05) is 47.1 Å². The predicted molar refractivity (Wildman–Crippen MR) is 135 cm³/mol. The Balaban J connectivity index is 1.64. The smallest absolute Gasteiger partial charge is 0.196 e. The summed E-state index contributed by atoms with van der Waals surface area (Å²) < 4.78 is 9.62. The van der Waals surface area contributed by atoms with Crippen molar-refractivity contribution in [3.05, 3.63) is 84.5 Å². The van der Waals surface area contributed by atoms with Gasteiger partial charge in [-0.2, -0.15) is 0 Å². The molecule has 0 bridgehead atoms. The van der Waals surface area contributed by atoms with Crippen molar-refractivity contribution in [1.82, 2.24) is 24.3 Å². The van der Waals surface area contributed by atoms with Crippen molar-refractivity contribution in [2.75, 3.05) is 12.4 Å². The normalized spacial score (nSPS) is 10.9. The Morgan fingerprint density at radius 3 is 2.65 bits per heavy atom. The molecule has 1 aromatic carbocycles. The first-order chi connectivity index (χ1) is 16.5. The molecule has 0 N–H and O–H groups in total. The van der Waals surface area contributed by atoms with E-state index in [4.69, 9.17) is 4.74 Å².